The van der Waals surface area contributed by atoms with Gasteiger partial charge < -0.3 is 30.1 Å². The van der Waals surface area contributed by atoms with E-state index in [0.29, 0.717) is 49.6 Å². The predicted octanol–water partition coefficient (Wildman–Crippen LogP) is 5.03. The third-order valence-corrected chi connectivity index (χ3v) is 8.72. The van der Waals surface area contributed by atoms with E-state index < -0.39 is 5.54 Å². The first-order chi connectivity index (χ1) is 20.3. The summed E-state index contributed by atoms with van der Waals surface area (Å²) in [4.78, 5) is 45.3. The number of nitrogens with zero attached hydrogens (tertiary/aromatic N) is 3. The maximum atomic E-state index is 14.0. The summed E-state index contributed by atoms with van der Waals surface area (Å²) in [6.07, 6.45) is 1.45. The van der Waals surface area contributed by atoms with E-state index in [4.69, 9.17) is 27.9 Å². The fourth-order valence-corrected chi connectivity index (χ4v) is 6.02. The van der Waals surface area contributed by atoms with Crippen molar-refractivity contribution < 1.29 is 19.1 Å². The number of anilines is 2. The lowest BCUT2D eigenvalue weighted by atomic mass is 9.85. The van der Waals surface area contributed by atoms with Crippen molar-refractivity contribution in [3.8, 4) is 5.75 Å². The van der Waals surface area contributed by atoms with Gasteiger partial charge in [-0.2, -0.15) is 0 Å². The Kier molecular flexibility index (Phi) is 9.09. The first-order valence-corrected chi connectivity index (χ1v) is 14.6. The number of methoxy groups -OCH3 is 1. The van der Waals surface area contributed by atoms with Gasteiger partial charge in [0.2, 0.25) is 5.91 Å². The summed E-state index contributed by atoms with van der Waals surface area (Å²) in [6, 6.07) is 22.1. The summed E-state index contributed by atoms with van der Waals surface area (Å²) < 4.78 is 5.39. The van der Waals surface area contributed by atoms with Crippen molar-refractivity contribution in [2.45, 2.75) is 24.8 Å². The van der Waals surface area contributed by atoms with Crippen LogP contribution in [-0.4, -0.2) is 73.1 Å². The standard InChI is InChI=1S/C31H33Cl2N5O4/c1-42-26-13-6-5-8-22(26)14-17-34-27(39)20-37-21-38(23-9-3-2-4-10-23)31(29(37)40)15-18-36(19-16-31)30(41)35-25-12-7-11-24(32)28(25)33/h2-13H,14-21H2,1H3,(H,34,39)(H,35,41). The Bertz CT molecular complexity index is 1450. The Balaban J connectivity index is 1.24. The van der Waals surface area contributed by atoms with Crippen LogP contribution in [-0.2, 0) is 16.0 Å². The highest BCUT2D eigenvalue weighted by molar-refractivity contribution is 6.43. The van der Waals surface area contributed by atoms with E-state index >= 15 is 0 Å². The minimum atomic E-state index is -0.858. The average Bonchev–Trinajstić information content (AvgIpc) is 3.26. The quantitative estimate of drug-likeness (QED) is 0.373. The molecule has 9 nitrogen and oxygen atoms in total. The molecule has 2 saturated heterocycles. The first kappa shape index (κ1) is 29.5. The Hall–Kier alpha value is -3.95. The third kappa shape index (κ3) is 6.12. The van der Waals surface area contributed by atoms with Crippen molar-refractivity contribution in [2.24, 2.45) is 0 Å². The third-order valence-electron chi connectivity index (χ3n) is 7.90. The molecule has 0 aromatic heterocycles. The molecule has 2 aliphatic heterocycles. The lowest BCUT2D eigenvalue weighted by Crippen LogP contribution is -2.58. The SMILES string of the molecule is COc1ccccc1CCNC(=O)CN1CN(c2ccccc2)C2(CCN(C(=O)Nc3cccc(Cl)c3Cl)CC2)C1=O. The zero-order chi connectivity index (χ0) is 29.7. The lowest BCUT2D eigenvalue weighted by molar-refractivity contribution is -0.137. The number of urea groups is 1. The van der Waals surface area contributed by atoms with Crippen LogP contribution in [0.2, 0.25) is 10.0 Å². The van der Waals surface area contributed by atoms with Crippen LogP contribution >= 0.6 is 23.2 Å². The number of hydrogen-bond acceptors (Lipinski definition) is 5. The zero-order valence-corrected chi connectivity index (χ0v) is 24.8. The van der Waals surface area contributed by atoms with E-state index in [1.807, 2.05) is 54.6 Å². The van der Waals surface area contributed by atoms with E-state index in [-0.39, 0.29) is 36.1 Å². The number of halogens is 2. The van der Waals surface area contributed by atoms with Crippen molar-refractivity contribution >= 4 is 52.4 Å². The van der Waals surface area contributed by atoms with Crippen molar-refractivity contribution in [3.63, 3.8) is 0 Å². The number of carbonyl (C=O) groups is 3. The van der Waals surface area contributed by atoms with Gasteiger partial charge in [0.15, 0.2) is 0 Å². The molecule has 4 amide bonds. The number of rotatable bonds is 8. The fraction of sp³-hybridized carbons (Fsp3) is 0.323. The summed E-state index contributed by atoms with van der Waals surface area (Å²) in [6.45, 7) is 1.38. The fourth-order valence-electron chi connectivity index (χ4n) is 5.67. The van der Waals surface area contributed by atoms with Crippen molar-refractivity contribution in [3.05, 3.63) is 88.4 Å². The van der Waals surface area contributed by atoms with Gasteiger partial charge in [-0.05, 0) is 55.2 Å². The average molecular weight is 611 g/mol. The van der Waals surface area contributed by atoms with Gasteiger partial charge in [0.1, 0.15) is 17.8 Å². The van der Waals surface area contributed by atoms with E-state index in [0.717, 1.165) is 17.0 Å². The molecule has 0 bridgehead atoms. The van der Waals surface area contributed by atoms with Crippen molar-refractivity contribution in [1.29, 1.82) is 0 Å². The van der Waals surface area contributed by atoms with E-state index in [9.17, 15) is 14.4 Å². The maximum absolute atomic E-state index is 14.0. The van der Waals surface area contributed by atoms with E-state index in [2.05, 4.69) is 15.5 Å². The molecule has 220 valence electrons. The first-order valence-electron chi connectivity index (χ1n) is 13.8. The summed E-state index contributed by atoms with van der Waals surface area (Å²) in [5, 5.41) is 6.40. The molecule has 11 heteroatoms. The molecule has 0 radical (unpaired) electrons. The summed E-state index contributed by atoms with van der Waals surface area (Å²) in [5.41, 5.74) is 1.47. The van der Waals surface area contributed by atoms with Gasteiger partial charge in [-0.15, -0.1) is 0 Å². The number of likely N-dealkylation sites (tertiary alicyclic amines) is 1. The normalized spacial score (nSPS) is 16.1. The van der Waals surface area contributed by atoms with Crippen molar-refractivity contribution in [1.82, 2.24) is 15.1 Å². The predicted molar refractivity (Wildman–Crippen MR) is 164 cm³/mol. The van der Waals surface area contributed by atoms with E-state index in [1.165, 1.54) is 0 Å². The van der Waals surface area contributed by atoms with Crippen LogP contribution in [0.1, 0.15) is 18.4 Å². The van der Waals surface area contributed by atoms with Gasteiger partial charge in [-0.3, -0.25) is 9.59 Å². The number of amides is 4. The largest absolute Gasteiger partial charge is 0.496 e. The second kappa shape index (κ2) is 12.9. The second-order valence-corrected chi connectivity index (χ2v) is 11.2. The van der Waals surface area contributed by atoms with Gasteiger partial charge in [-0.25, -0.2) is 4.79 Å². The Labute approximate surface area is 255 Å². The zero-order valence-electron chi connectivity index (χ0n) is 23.3. The molecule has 0 aliphatic carbocycles. The number of para-hydroxylation sites is 2. The number of hydrogen-bond donors (Lipinski definition) is 2. The molecule has 0 atom stereocenters. The van der Waals surface area contributed by atoms with Gasteiger partial charge in [0, 0.05) is 25.3 Å². The van der Waals surface area contributed by atoms with Gasteiger partial charge in [-0.1, -0.05) is 65.7 Å². The molecule has 1 spiro atoms. The van der Waals surface area contributed by atoms with E-state index in [1.54, 1.807) is 35.1 Å². The Morgan fingerprint density at radius 3 is 2.40 bits per heavy atom. The number of benzene rings is 3. The van der Waals surface area contributed by atoms with Crippen LogP contribution in [0.5, 0.6) is 5.75 Å². The molecule has 2 fully saturated rings. The molecule has 5 rings (SSSR count). The minimum absolute atomic E-state index is 0.0483. The van der Waals surface area contributed by atoms with Gasteiger partial charge >= 0.3 is 6.03 Å². The minimum Gasteiger partial charge on any atom is -0.496 e. The summed E-state index contributed by atoms with van der Waals surface area (Å²) in [7, 11) is 1.62. The molecular weight excluding hydrogens is 577 g/mol. The molecule has 2 heterocycles. The number of nitrogens with one attached hydrogen (secondary N) is 2. The smallest absolute Gasteiger partial charge is 0.321 e. The molecule has 0 unspecified atom stereocenters. The highest BCUT2D eigenvalue weighted by Crippen LogP contribution is 2.39. The molecule has 3 aromatic rings. The topological polar surface area (TPSA) is 94.2 Å². The van der Waals surface area contributed by atoms with Crippen LogP contribution < -0.4 is 20.3 Å². The van der Waals surface area contributed by atoms with Gasteiger partial charge in [0.25, 0.3) is 5.91 Å². The number of piperidine rings is 1. The lowest BCUT2D eigenvalue weighted by Gasteiger charge is -2.43. The molecule has 42 heavy (non-hydrogen) atoms. The summed E-state index contributed by atoms with van der Waals surface area (Å²) >= 11 is 12.3. The molecule has 2 aliphatic rings. The number of ether oxygens (including phenoxy) is 1. The Morgan fingerprint density at radius 2 is 1.67 bits per heavy atom. The molecule has 0 saturated carbocycles. The second-order valence-electron chi connectivity index (χ2n) is 10.4. The van der Waals surface area contributed by atoms with Crippen LogP contribution in [0.3, 0.4) is 0 Å². The molecule has 3 aromatic carbocycles. The van der Waals surface area contributed by atoms with Gasteiger partial charge in [0.05, 0.1) is 29.5 Å². The van der Waals surface area contributed by atoms with Crippen LogP contribution in [0.25, 0.3) is 0 Å². The Morgan fingerprint density at radius 1 is 0.952 bits per heavy atom. The number of carbonyl (C=O) groups excluding carboxylic acids is 3. The monoisotopic (exact) mass is 609 g/mol. The highest BCUT2D eigenvalue weighted by Gasteiger charge is 2.54. The van der Waals surface area contributed by atoms with Crippen molar-refractivity contribution in [2.75, 3.05) is 50.2 Å². The highest BCUT2D eigenvalue weighted by atomic mass is 35.5. The molecule has 2 N–H and O–H groups in total. The van der Waals surface area contributed by atoms with Crippen LogP contribution in [0, 0.1) is 0 Å². The summed E-state index contributed by atoms with van der Waals surface area (Å²) in [5.74, 6) is 0.445. The van der Waals surface area contributed by atoms with Crippen LogP contribution in [0.15, 0.2) is 72.8 Å². The molecular formula is C31H33Cl2N5O4. The van der Waals surface area contributed by atoms with Crippen LogP contribution in [0.4, 0.5) is 16.2 Å². The maximum Gasteiger partial charge on any atom is 0.321 e.